The highest BCUT2D eigenvalue weighted by Crippen LogP contribution is 2.34. The largest absolute Gasteiger partial charge is 0.444 e. The van der Waals surface area contributed by atoms with Crippen LogP contribution in [0.2, 0.25) is 0 Å². The lowest BCUT2D eigenvalue weighted by Gasteiger charge is -2.23. The van der Waals surface area contributed by atoms with Crippen LogP contribution in [0.4, 0.5) is 4.79 Å². The normalized spacial score (nSPS) is 26.6. The van der Waals surface area contributed by atoms with Crippen molar-refractivity contribution < 1.29 is 9.53 Å². The molecule has 6 nitrogen and oxygen atoms in total. The summed E-state index contributed by atoms with van der Waals surface area (Å²) in [6.07, 6.45) is 4.37. The number of likely N-dealkylation sites (tertiary alicyclic amines) is 1. The molecule has 7 heteroatoms. The molecule has 2 N–H and O–H groups in total. The number of hydrogen-bond donors (Lipinski definition) is 2. The number of nitrogens with zero attached hydrogens (tertiary/aromatic N) is 2. The fraction of sp³-hybridized carbons (Fsp3) is 0.882. The first-order valence-corrected chi connectivity index (χ1v) is 8.80. The number of amides is 1. The molecule has 3 atom stereocenters. The van der Waals surface area contributed by atoms with Crippen molar-refractivity contribution in [2.75, 3.05) is 20.1 Å². The number of carbonyl (C=O) groups excluding carboxylic acids is 1. The quantitative estimate of drug-likeness (QED) is 0.391. The van der Waals surface area contributed by atoms with Gasteiger partial charge in [-0.2, -0.15) is 0 Å². The number of alkyl carbamates (subject to hydrolysis) is 1. The average Bonchev–Trinajstić information content (AvgIpc) is 2.99. The Bertz CT molecular complexity index is 450. The van der Waals surface area contributed by atoms with E-state index in [1.807, 2.05) is 27.8 Å². The van der Waals surface area contributed by atoms with Gasteiger partial charge in [0.1, 0.15) is 5.60 Å². The van der Waals surface area contributed by atoms with Crippen LogP contribution in [0.3, 0.4) is 0 Å². The van der Waals surface area contributed by atoms with Crippen LogP contribution in [0.25, 0.3) is 0 Å². The van der Waals surface area contributed by atoms with E-state index in [0.717, 1.165) is 31.4 Å². The summed E-state index contributed by atoms with van der Waals surface area (Å²) in [4.78, 5) is 18.5. The number of carbonyl (C=O) groups is 1. The number of aliphatic imine (C=N–C) groups is 1. The van der Waals surface area contributed by atoms with Crippen LogP contribution in [0.15, 0.2) is 4.99 Å². The predicted octanol–water partition coefficient (Wildman–Crippen LogP) is 2.97. The second-order valence-corrected chi connectivity index (χ2v) is 7.66. The predicted molar refractivity (Wildman–Crippen MR) is 108 cm³/mol. The Kier molecular flexibility index (Phi) is 8.08. The van der Waals surface area contributed by atoms with E-state index >= 15 is 0 Å². The molecule has 0 radical (unpaired) electrons. The summed E-state index contributed by atoms with van der Waals surface area (Å²) in [5.74, 6) is 1.76. The zero-order chi connectivity index (χ0) is 17.0. The minimum atomic E-state index is -0.458. The second-order valence-electron chi connectivity index (χ2n) is 7.66. The van der Waals surface area contributed by atoms with E-state index in [0.29, 0.717) is 6.04 Å². The highest BCUT2D eigenvalue weighted by atomic mass is 127. The summed E-state index contributed by atoms with van der Waals surface area (Å²) < 4.78 is 5.32. The van der Waals surface area contributed by atoms with Gasteiger partial charge in [-0.1, -0.05) is 13.3 Å². The molecular weight excluding hydrogens is 419 g/mol. The lowest BCUT2D eigenvalue weighted by molar-refractivity contribution is 0.0507. The molecule has 3 unspecified atom stereocenters. The first kappa shape index (κ1) is 21.3. The molecule has 1 aliphatic carbocycles. The smallest absolute Gasteiger partial charge is 0.407 e. The van der Waals surface area contributed by atoms with Gasteiger partial charge in [0.05, 0.1) is 6.04 Å². The molecule has 0 aromatic rings. The Hall–Kier alpha value is -0.730. The first-order valence-electron chi connectivity index (χ1n) is 8.80. The van der Waals surface area contributed by atoms with Gasteiger partial charge in [0, 0.05) is 26.2 Å². The number of halogens is 1. The zero-order valence-corrected chi connectivity index (χ0v) is 17.9. The minimum absolute atomic E-state index is 0. The van der Waals surface area contributed by atoms with Crippen molar-refractivity contribution in [2.24, 2.45) is 10.9 Å². The zero-order valence-electron chi connectivity index (χ0n) is 15.6. The van der Waals surface area contributed by atoms with Gasteiger partial charge in [-0.05, 0) is 46.0 Å². The summed E-state index contributed by atoms with van der Waals surface area (Å²) in [6.45, 7) is 9.55. The van der Waals surface area contributed by atoms with Gasteiger partial charge in [-0.15, -0.1) is 24.0 Å². The van der Waals surface area contributed by atoms with E-state index in [-0.39, 0.29) is 36.1 Å². The van der Waals surface area contributed by atoms with E-state index in [1.165, 1.54) is 19.3 Å². The fourth-order valence-electron chi connectivity index (χ4n) is 3.12. The summed E-state index contributed by atoms with van der Waals surface area (Å²) in [7, 11) is 1.83. The van der Waals surface area contributed by atoms with Crippen LogP contribution in [0.1, 0.15) is 53.4 Å². The van der Waals surface area contributed by atoms with E-state index < -0.39 is 5.60 Å². The van der Waals surface area contributed by atoms with Crippen LogP contribution in [-0.2, 0) is 4.74 Å². The Morgan fingerprint density at radius 3 is 2.62 bits per heavy atom. The summed E-state index contributed by atoms with van der Waals surface area (Å²) in [5, 5.41) is 6.52. The van der Waals surface area contributed by atoms with Crippen molar-refractivity contribution >= 4 is 36.0 Å². The van der Waals surface area contributed by atoms with Crippen molar-refractivity contribution in [1.29, 1.82) is 0 Å². The molecule has 2 aliphatic rings. The van der Waals surface area contributed by atoms with Crippen molar-refractivity contribution in [1.82, 2.24) is 15.5 Å². The number of guanidine groups is 1. The third-order valence-electron chi connectivity index (χ3n) is 4.32. The topological polar surface area (TPSA) is 66.0 Å². The van der Waals surface area contributed by atoms with E-state index in [9.17, 15) is 4.79 Å². The average molecular weight is 452 g/mol. The van der Waals surface area contributed by atoms with Gasteiger partial charge in [0.2, 0.25) is 0 Å². The highest BCUT2D eigenvalue weighted by Gasteiger charge is 2.38. The third kappa shape index (κ3) is 6.64. The van der Waals surface area contributed by atoms with Crippen molar-refractivity contribution in [3.63, 3.8) is 0 Å². The van der Waals surface area contributed by atoms with E-state index in [1.54, 1.807) is 0 Å². The number of hydrogen-bond acceptors (Lipinski definition) is 3. The second kappa shape index (κ2) is 9.10. The Balaban J connectivity index is 0.00000288. The Labute approximate surface area is 163 Å². The van der Waals surface area contributed by atoms with Crippen LogP contribution in [0.5, 0.6) is 0 Å². The first-order chi connectivity index (χ1) is 10.8. The van der Waals surface area contributed by atoms with Gasteiger partial charge in [0.25, 0.3) is 0 Å². The molecule has 0 bridgehead atoms. The standard InChI is InChI=1S/C17H32N4O2.HI/c1-6-7-12-10-14(12)20-15(18-5)21-9-8-13(11-21)19-16(22)23-17(2,3)4;/h12-14H,6-11H2,1-5H3,(H,18,20)(H,19,22);1H. The lowest BCUT2D eigenvalue weighted by atomic mass is 10.2. The molecule has 0 spiro atoms. The van der Waals surface area contributed by atoms with Crippen molar-refractivity contribution in [2.45, 2.75) is 71.1 Å². The summed E-state index contributed by atoms with van der Waals surface area (Å²) in [6, 6.07) is 0.695. The molecule has 2 fully saturated rings. The van der Waals surface area contributed by atoms with E-state index in [4.69, 9.17) is 4.74 Å². The van der Waals surface area contributed by atoms with E-state index in [2.05, 4.69) is 27.4 Å². The molecule has 1 heterocycles. The van der Waals surface area contributed by atoms with Gasteiger partial charge in [0.15, 0.2) is 5.96 Å². The lowest BCUT2D eigenvalue weighted by Crippen LogP contribution is -2.45. The minimum Gasteiger partial charge on any atom is -0.444 e. The maximum Gasteiger partial charge on any atom is 0.407 e. The molecule has 2 rings (SSSR count). The number of rotatable bonds is 4. The van der Waals surface area contributed by atoms with Crippen molar-refractivity contribution in [3.8, 4) is 0 Å². The third-order valence-corrected chi connectivity index (χ3v) is 4.32. The molecule has 0 aromatic carbocycles. The van der Waals surface area contributed by atoms with Gasteiger partial charge in [-0.25, -0.2) is 4.79 Å². The molecule has 1 saturated heterocycles. The molecule has 1 amide bonds. The van der Waals surface area contributed by atoms with Crippen LogP contribution in [0, 0.1) is 5.92 Å². The molecule has 0 aromatic heterocycles. The number of ether oxygens (including phenoxy) is 1. The maximum atomic E-state index is 11.9. The monoisotopic (exact) mass is 452 g/mol. The van der Waals surface area contributed by atoms with Crippen LogP contribution in [-0.4, -0.2) is 54.8 Å². The van der Waals surface area contributed by atoms with Crippen molar-refractivity contribution in [3.05, 3.63) is 0 Å². The fourth-order valence-corrected chi connectivity index (χ4v) is 3.12. The summed E-state index contributed by atoms with van der Waals surface area (Å²) >= 11 is 0. The summed E-state index contributed by atoms with van der Waals surface area (Å²) in [5.41, 5.74) is -0.458. The van der Waals surface area contributed by atoms with Crippen LogP contribution >= 0.6 is 24.0 Å². The Morgan fingerprint density at radius 2 is 2.04 bits per heavy atom. The van der Waals surface area contributed by atoms with Gasteiger partial charge < -0.3 is 20.3 Å². The molecular formula is C17H33IN4O2. The molecule has 1 saturated carbocycles. The van der Waals surface area contributed by atoms with Gasteiger partial charge in [-0.3, -0.25) is 4.99 Å². The number of nitrogens with one attached hydrogen (secondary N) is 2. The maximum absolute atomic E-state index is 11.9. The van der Waals surface area contributed by atoms with Crippen LogP contribution < -0.4 is 10.6 Å². The SMILES string of the molecule is CCCC1CC1NC(=NC)N1CCC(NC(=O)OC(C)(C)C)C1.I. The molecule has 140 valence electrons. The molecule has 1 aliphatic heterocycles. The molecule has 24 heavy (non-hydrogen) atoms. The van der Waals surface area contributed by atoms with Gasteiger partial charge >= 0.3 is 6.09 Å². The highest BCUT2D eigenvalue weighted by molar-refractivity contribution is 14.0. The Morgan fingerprint density at radius 1 is 1.33 bits per heavy atom.